The number of aromatic nitrogens is 2. The second-order valence-corrected chi connectivity index (χ2v) is 3.82. The van der Waals surface area contributed by atoms with Gasteiger partial charge < -0.3 is 4.98 Å². The van der Waals surface area contributed by atoms with Crippen molar-refractivity contribution in [3.05, 3.63) is 22.2 Å². The number of H-pyrrole nitrogens is 1. The minimum atomic E-state index is 0.466. The van der Waals surface area contributed by atoms with Crippen LogP contribution in [0, 0.1) is 18.4 Å². The van der Waals surface area contributed by atoms with Crippen molar-refractivity contribution < 1.29 is 0 Å². The number of hydrogen-bond acceptors (Lipinski definition) is 3. The first-order valence-corrected chi connectivity index (χ1v) is 4.81. The largest absolute Gasteiger partial charge is 0.322 e. The average molecular weight is 251 g/mol. The zero-order valence-corrected chi connectivity index (χ0v) is 9.01. The predicted molar refractivity (Wildman–Crippen MR) is 57.8 cm³/mol. The van der Waals surface area contributed by atoms with Gasteiger partial charge in [-0.25, -0.2) is 4.98 Å². The van der Waals surface area contributed by atoms with E-state index in [9.17, 15) is 0 Å². The molecular formula is C9H7BrN4. The number of fused-ring (bicyclic) bond motifs is 1. The van der Waals surface area contributed by atoms with Crippen LogP contribution in [-0.2, 0) is 0 Å². The lowest BCUT2D eigenvalue weighted by molar-refractivity contribution is 1.30. The first-order valence-electron chi connectivity index (χ1n) is 4.01. The minimum absolute atomic E-state index is 0.466. The Bertz CT molecular complexity index is 523. The molecule has 1 aromatic carbocycles. The standard InChI is InChI=1S/C9H7BrN4/c1-5-2-6(10)8-7(3-5)13-9(14-8)12-4-11/h2-3H,1H3,(H2,12,13,14). The summed E-state index contributed by atoms with van der Waals surface area (Å²) in [4.78, 5) is 7.21. The summed E-state index contributed by atoms with van der Waals surface area (Å²) in [5.41, 5.74) is 2.86. The number of anilines is 1. The highest BCUT2D eigenvalue weighted by molar-refractivity contribution is 9.10. The van der Waals surface area contributed by atoms with Crippen molar-refractivity contribution in [1.82, 2.24) is 9.97 Å². The van der Waals surface area contributed by atoms with Crippen LogP contribution < -0.4 is 5.32 Å². The Hall–Kier alpha value is -1.54. The summed E-state index contributed by atoms with van der Waals surface area (Å²) >= 11 is 3.43. The number of aromatic amines is 1. The van der Waals surface area contributed by atoms with Crippen LogP contribution in [0.3, 0.4) is 0 Å². The summed E-state index contributed by atoms with van der Waals surface area (Å²) in [5.74, 6) is 0.466. The van der Waals surface area contributed by atoms with E-state index in [0.29, 0.717) is 5.95 Å². The first kappa shape index (κ1) is 9.03. The topological polar surface area (TPSA) is 64.5 Å². The third-order valence-electron chi connectivity index (χ3n) is 1.86. The highest BCUT2D eigenvalue weighted by Gasteiger charge is 2.05. The molecule has 1 heterocycles. The van der Waals surface area contributed by atoms with Gasteiger partial charge >= 0.3 is 0 Å². The Balaban J connectivity index is 2.66. The third-order valence-corrected chi connectivity index (χ3v) is 2.49. The van der Waals surface area contributed by atoms with Gasteiger partial charge in [0.05, 0.1) is 11.0 Å². The minimum Gasteiger partial charge on any atom is -0.322 e. The highest BCUT2D eigenvalue weighted by Crippen LogP contribution is 2.24. The molecule has 0 atom stereocenters. The molecule has 14 heavy (non-hydrogen) atoms. The summed E-state index contributed by atoms with van der Waals surface area (Å²) < 4.78 is 0.950. The fourth-order valence-electron chi connectivity index (χ4n) is 1.31. The number of imidazole rings is 1. The van der Waals surface area contributed by atoms with Crippen LogP contribution in [0.15, 0.2) is 16.6 Å². The van der Waals surface area contributed by atoms with Crippen LogP contribution >= 0.6 is 15.9 Å². The number of hydrogen-bond donors (Lipinski definition) is 2. The average Bonchev–Trinajstić information content (AvgIpc) is 2.48. The fourth-order valence-corrected chi connectivity index (χ4v) is 1.98. The van der Waals surface area contributed by atoms with Gasteiger partial charge in [-0.2, -0.15) is 5.26 Å². The van der Waals surface area contributed by atoms with E-state index in [4.69, 9.17) is 5.26 Å². The monoisotopic (exact) mass is 250 g/mol. The lowest BCUT2D eigenvalue weighted by Crippen LogP contribution is -1.87. The molecule has 0 amide bonds. The van der Waals surface area contributed by atoms with Crippen LogP contribution in [0.1, 0.15) is 5.56 Å². The van der Waals surface area contributed by atoms with Crippen molar-refractivity contribution in [2.24, 2.45) is 0 Å². The van der Waals surface area contributed by atoms with Gasteiger partial charge in [0.2, 0.25) is 5.95 Å². The quantitative estimate of drug-likeness (QED) is 0.604. The number of rotatable bonds is 1. The lowest BCUT2D eigenvalue weighted by Gasteiger charge is -1.94. The first-order chi connectivity index (χ1) is 6.70. The second kappa shape index (κ2) is 3.31. The van der Waals surface area contributed by atoms with Gasteiger partial charge in [-0.15, -0.1) is 0 Å². The molecule has 0 saturated heterocycles. The van der Waals surface area contributed by atoms with Crippen LogP contribution in [0.25, 0.3) is 11.0 Å². The van der Waals surface area contributed by atoms with Crippen LogP contribution in [-0.4, -0.2) is 9.97 Å². The normalized spacial score (nSPS) is 10.1. The van der Waals surface area contributed by atoms with Crippen LogP contribution in [0.4, 0.5) is 5.95 Å². The molecule has 1 aromatic heterocycles. The molecule has 2 rings (SSSR count). The Morgan fingerprint density at radius 2 is 2.36 bits per heavy atom. The van der Waals surface area contributed by atoms with Crippen molar-refractivity contribution in [1.29, 1.82) is 5.26 Å². The molecule has 0 unspecified atom stereocenters. The summed E-state index contributed by atoms with van der Waals surface area (Å²) in [5, 5.41) is 10.9. The van der Waals surface area contributed by atoms with Crippen molar-refractivity contribution in [2.75, 3.05) is 5.32 Å². The lowest BCUT2D eigenvalue weighted by atomic mass is 10.2. The Morgan fingerprint density at radius 1 is 1.57 bits per heavy atom. The van der Waals surface area contributed by atoms with E-state index in [1.165, 1.54) is 0 Å². The Kier molecular flexibility index (Phi) is 2.14. The maximum atomic E-state index is 8.44. The zero-order chi connectivity index (χ0) is 10.1. The van der Waals surface area contributed by atoms with Crippen molar-refractivity contribution >= 4 is 32.9 Å². The fraction of sp³-hybridized carbons (Fsp3) is 0.111. The molecule has 0 radical (unpaired) electrons. The molecule has 5 heteroatoms. The molecule has 0 saturated carbocycles. The molecule has 0 bridgehead atoms. The van der Waals surface area contributed by atoms with Gasteiger partial charge in [-0.1, -0.05) is 0 Å². The molecule has 4 nitrogen and oxygen atoms in total. The van der Waals surface area contributed by atoms with E-state index >= 15 is 0 Å². The smallest absolute Gasteiger partial charge is 0.214 e. The molecule has 0 aliphatic carbocycles. The van der Waals surface area contributed by atoms with E-state index in [1.54, 1.807) is 0 Å². The van der Waals surface area contributed by atoms with Gasteiger partial charge in [0.25, 0.3) is 0 Å². The van der Waals surface area contributed by atoms with E-state index in [-0.39, 0.29) is 0 Å². The third kappa shape index (κ3) is 1.44. The summed E-state index contributed by atoms with van der Waals surface area (Å²) in [6, 6.07) is 3.95. The summed E-state index contributed by atoms with van der Waals surface area (Å²) in [7, 11) is 0. The van der Waals surface area contributed by atoms with Gasteiger partial charge in [0.15, 0.2) is 6.19 Å². The molecule has 2 aromatic rings. The molecule has 70 valence electrons. The van der Waals surface area contributed by atoms with E-state index in [2.05, 4.69) is 31.2 Å². The van der Waals surface area contributed by atoms with Crippen LogP contribution in [0.5, 0.6) is 0 Å². The van der Waals surface area contributed by atoms with Gasteiger partial charge in [-0.05, 0) is 40.5 Å². The molecule has 0 aliphatic heterocycles. The number of halogens is 1. The van der Waals surface area contributed by atoms with Crippen molar-refractivity contribution in [3.8, 4) is 6.19 Å². The maximum absolute atomic E-state index is 8.44. The zero-order valence-electron chi connectivity index (χ0n) is 7.43. The van der Waals surface area contributed by atoms with Gasteiger partial charge in [-0.3, -0.25) is 5.32 Å². The summed E-state index contributed by atoms with van der Waals surface area (Å²) in [6.07, 6.45) is 1.82. The molecule has 0 aliphatic rings. The van der Waals surface area contributed by atoms with E-state index < -0.39 is 0 Å². The number of aryl methyl sites for hydroxylation is 1. The number of benzene rings is 1. The predicted octanol–water partition coefficient (Wildman–Crippen LogP) is 2.53. The van der Waals surface area contributed by atoms with E-state index in [0.717, 1.165) is 21.1 Å². The van der Waals surface area contributed by atoms with Crippen molar-refractivity contribution in [3.63, 3.8) is 0 Å². The number of nitrogens with zero attached hydrogens (tertiary/aromatic N) is 2. The SMILES string of the molecule is Cc1cc(Br)c2[nH]c(NC#N)nc2c1. The number of nitrogens with one attached hydrogen (secondary N) is 2. The second-order valence-electron chi connectivity index (χ2n) is 2.96. The Labute approximate surface area is 89.1 Å². The molecule has 0 spiro atoms. The summed E-state index contributed by atoms with van der Waals surface area (Å²) in [6.45, 7) is 2.00. The van der Waals surface area contributed by atoms with E-state index in [1.807, 2.05) is 25.2 Å². The van der Waals surface area contributed by atoms with Gasteiger partial charge in [0, 0.05) is 4.47 Å². The van der Waals surface area contributed by atoms with Gasteiger partial charge in [0.1, 0.15) is 0 Å². The maximum Gasteiger partial charge on any atom is 0.214 e. The van der Waals surface area contributed by atoms with Crippen LogP contribution in [0.2, 0.25) is 0 Å². The molecule has 2 N–H and O–H groups in total. The Morgan fingerprint density at radius 3 is 3.07 bits per heavy atom. The molecular weight excluding hydrogens is 244 g/mol. The highest BCUT2D eigenvalue weighted by atomic mass is 79.9. The van der Waals surface area contributed by atoms with Crippen molar-refractivity contribution in [2.45, 2.75) is 6.92 Å². The molecule has 0 fully saturated rings. The number of nitriles is 1.